The number of thioether (sulfide) groups is 1. The highest BCUT2D eigenvalue weighted by atomic mass is 32.2. The molecule has 3 rings (SSSR count). The zero-order valence-corrected chi connectivity index (χ0v) is 15.8. The molecule has 0 aliphatic carbocycles. The number of carbonyl (C=O) groups excluding carboxylic acids is 1. The Hall–Kier alpha value is -2.87. The van der Waals surface area contributed by atoms with Gasteiger partial charge in [0.2, 0.25) is 11.1 Å². The summed E-state index contributed by atoms with van der Waals surface area (Å²) in [6.07, 6.45) is 0.945. The number of hydrogen-bond acceptors (Lipinski definition) is 5. The van der Waals surface area contributed by atoms with Gasteiger partial charge in [0.05, 0.1) is 5.25 Å². The molecule has 0 saturated heterocycles. The van der Waals surface area contributed by atoms with E-state index in [0.717, 1.165) is 12.1 Å². The van der Waals surface area contributed by atoms with Crippen LogP contribution in [-0.4, -0.2) is 26.0 Å². The van der Waals surface area contributed by atoms with E-state index < -0.39 is 5.25 Å². The second kappa shape index (κ2) is 8.22. The number of nitrogens with two attached hydrogens (primary N) is 1. The van der Waals surface area contributed by atoms with Gasteiger partial charge in [-0.1, -0.05) is 43.0 Å². The van der Waals surface area contributed by atoms with Crippen LogP contribution in [0, 0.1) is 5.82 Å². The van der Waals surface area contributed by atoms with Crippen LogP contribution in [0.2, 0.25) is 0 Å². The predicted octanol–water partition coefficient (Wildman–Crippen LogP) is 3.48. The van der Waals surface area contributed by atoms with Crippen LogP contribution < -0.4 is 11.2 Å². The van der Waals surface area contributed by atoms with Gasteiger partial charge in [-0.3, -0.25) is 4.79 Å². The summed E-state index contributed by atoms with van der Waals surface area (Å²) in [6, 6.07) is 13.7. The van der Waals surface area contributed by atoms with Gasteiger partial charge in [-0.15, -0.1) is 10.2 Å². The van der Waals surface area contributed by atoms with Crippen LogP contribution in [0.4, 0.5) is 10.1 Å². The molecule has 0 aliphatic rings. The lowest BCUT2D eigenvalue weighted by Gasteiger charge is -2.12. The minimum absolute atomic E-state index is 0.167. The van der Waals surface area contributed by atoms with E-state index in [9.17, 15) is 9.18 Å². The minimum atomic E-state index is -0.442. The Morgan fingerprint density at radius 1 is 1.26 bits per heavy atom. The summed E-state index contributed by atoms with van der Waals surface area (Å²) in [4.78, 5) is 12.4. The Kier molecular flexibility index (Phi) is 5.75. The van der Waals surface area contributed by atoms with Gasteiger partial charge in [-0.05, 0) is 43.2 Å². The van der Waals surface area contributed by atoms with Crippen LogP contribution in [-0.2, 0) is 11.2 Å². The van der Waals surface area contributed by atoms with Crippen LogP contribution in [0.1, 0.15) is 19.4 Å². The van der Waals surface area contributed by atoms with E-state index in [1.165, 1.54) is 34.1 Å². The number of aryl methyl sites for hydroxylation is 1. The van der Waals surface area contributed by atoms with Crippen LogP contribution in [0.25, 0.3) is 11.4 Å². The lowest BCUT2D eigenvalue weighted by atomic mass is 10.1. The highest BCUT2D eigenvalue weighted by Gasteiger charge is 2.20. The number of nitrogen functional groups attached to an aromatic ring is 1. The Balaban J connectivity index is 1.68. The fourth-order valence-corrected chi connectivity index (χ4v) is 3.23. The summed E-state index contributed by atoms with van der Waals surface area (Å²) in [5, 5.41) is 10.8. The topological polar surface area (TPSA) is 85.8 Å². The van der Waals surface area contributed by atoms with Gasteiger partial charge in [0.25, 0.3) is 0 Å². The van der Waals surface area contributed by atoms with Crippen molar-refractivity contribution >= 4 is 23.4 Å². The smallest absolute Gasteiger partial charge is 0.237 e. The molecule has 0 spiro atoms. The quantitative estimate of drug-likeness (QED) is 0.501. The molecule has 1 aromatic heterocycles. The number of amides is 1. The fraction of sp³-hybridized carbons (Fsp3) is 0.211. The predicted molar refractivity (Wildman–Crippen MR) is 105 cm³/mol. The Bertz CT molecular complexity index is 942. The second-order valence-corrected chi connectivity index (χ2v) is 7.29. The molecule has 1 atom stereocenters. The highest BCUT2D eigenvalue weighted by molar-refractivity contribution is 8.00. The first-order valence-corrected chi connectivity index (χ1v) is 9.38. The van der Waals surface area contributed by atoms with Crippen molar-refractivity contribution in [1.82, 2.24) is 14.9 Å². The average Bonchev–Trinajstić information content (AvgIpc) is 3.02. The summed E-state index contributed by atoms with van der Waals surface area (Å²) in [5.41, 5.74) is 2.46. The molecule has 1 unspecified atom stereocenters. The van der Waals surface area contributed by atoms with Crippen molar-refractivity contribution in [2.75, 3.05) is 11.2 Å². The van der Waals surface area contributed by atoms with Crippen molar-refractivity contribution in [3.05, 3.63) is 59.9 Å². The van der Waals surface area contributed by atoms with E-state index in [0.29, 0.717) is 16.5 Å². The number of nitrogens with zero attached hydrogens (tertiary/aromatic N) is 3. The van der Waals surface area contributed by atoms with Crippen molar-refractivity contribution in [3.8, 4) is 11.4 Å². The molecule has 1 amide bonds. The molecular formula is C19H20FN5OS. The molecule has 0 saturated carbocycles. The number of hydrogen-bond donors (Lipinski definition) is 2. The van der Waals surface area contributed by atoms with Crippen LogP contribution in [0.3, 0.4) is 0 Å². The highest BCUT2D eigenvalue weighted by Crippen LogP contribution is 2.25. The summed E-state index contributed by atoms with van der Waals surface area (Å²) in [5.74, 6) is 5.82. The van der Waals surface area contributed by atoms with E-state index in [4.69, 9.17) is 5.84 Å². The maximum absolute atomic E-state index is 13.4. The number of rotatable bonds is 6. The van der Waals surface area contributed by atoms with Crippen molar-refractivity contribution < 1.29 is 9.18 Å². The largest absolute Gasteiger partial charge is 0.335 e. The van der Waals surface area contributed by atoms with Crippen molar-refractivity contribution in [3.63, 3.8) is 0 Å². The minimum Gasteiger partial charge on any atom is -0.335 e. The monoisotopic (exact) mass is 385 g/mol. The standard InChI is InChI=1S/C19H20FN5OS/c1-3-13-7-9-16(10-8-13)22-18(26)12(2)27-19-24-23-17(25(19)21)14-5-4-6-15(20)11-14/h4-12H,3,21H2,1-2H3,(H,22,26). The molecule has 27 heavy (non-hydrogen) atoms. The van der Waals surface area contributed by atoms with Crippen LogP contribution in [0.15, 0.2) is 53.7 Å². The van der Waals surface area contributed by atoms with E-state index in [1.54, 1.807) is 19.1 Å². The third kappa shape index (κ3) is 4.46. The molecule has 0 fully saturated rings. The number of halogens is 1. The molecule has 8 heteroatoms. The molecular weight excluding hydrogens is 365 g/mol. The zero-order valence-electron chi connectivity index (χ0n) is 15.0. The molecule has 2 aromatic carbocycles. The Labute approximate surface area is 161 Å². The molecule has 3 N–H and O–H groups in total. The number of carbonyl (C=O) groups is 1. The molecule has 1 heterocycles. The summed E-state index contributed by atoms with van der Waals surface area (Å²) < 4.78 is 14.7. The average molecular weight is 385 g/mol. The van der Waals surface area contributed by atoms with Gasteiger partial charge in [0, 0.05) is 11.3 Å². The van der Waals surface area contributed by atoms with Gasteiger partial charge in [-0.25, -0.2) is 9.07 Å². The maximum atomic E-state index is 13.4. The van der Waals surface area contributed by atoms with E-state index >= 15 is 0 Å². The lowest BCUT2D eigenvalue weighted by molar-refractivity contribution is -0.115. The summed E-state index contributed by atoms with van der Waals surface area (Å²) >= 11 is 1.18. The molecule has 0 radical (unpaired) electrons. The van der Waals surface area contributed by atoms with E-state index in [-0.39, 0.29) is 11.7 Å². The zero-order chi connectivity index (χ0) is 19.4. The van der Waals surface area contributed by atoms with Crippen molar-refractivity contribution in [2.45, 2.75) is 30.7 Å². The lowest BCUT2D eigenvalue weighted by Crippen LogP contribution is -2.23. The van der Waals surface area contributed by atoms with E-state index in [1.807, 2.05) is 24.3 Å². The van der Waals surface area contributed by atoms with Gasteiger partial charge < -0.3 is 11.2 Å². The maximum Gasteiger partial charge on any atom is 0.237 e. The summed E-state index contributed by atoms with van der Waals surface area (Å²) in [6.45, 7) is 3.84. The third-order valence-corrected chi connectivity index (χ3v) is 5.09. The first-order valence-electron chi connectivity index (χ1n) is 8.50. The van der Waals surface area contributed by atoms with Gasteiger partial charge in [0.15, 0.2) is 5.82 Å². The number of benzene rings is 2. The van der Waals surface area contributed by atoms with Gasteiger partial charge in [-0.2, -0.15) is 0 Å². The first-order chi connectivity index (χ1) is 13.0. The van der Waals surface area contributed by atoms with Gasteiger partial charge >= 0.3 is 0 Å². The Morgan fingerprint density at radius 3 is 2.67 bits per heavy atom. The van der Waals surface area contributed by atoms with Crippen LogP contribution in [0.5, 0.6) is 0 Å². The number of anilines is 1. The Morgan fingerprint density at radius 2 is 2.00 bits per heavy atom. The molecule has 3 aromatic rings. The van der Waals surface area contributed by atoms with Crippen molar-refractivity contribution in [1.29, 1.82) is 0 Å². The van der Waals surface area contributed by atoms with Crippen molar-refractivity contribution in [2.24, 2.45) is 0 Å². The first kappa shape index (κ1) is 18.9. The van der Waals surface area contributed by atoms with Gasteiger partial charge in [0.1, 0.15) is 5.82 Å². The molecule has 6 nitrogen and oxygen atoms in total. The van der Waals surface area contributed by atoms with Crippen LogP contribution >= 0.6 is 11.8 Å². The fourth-order valence-electron chi connectivity index (χ4n) is 2.46. The number of aromatic nitrogens is 3. The van der Waals surface area contributed by atoms with E-state index in [2.05, 4.69) is 22.4 Å². The molecule has 140 valence electrons. The second-order valence-electron chi connectivity index (χ2n) is 5.99. The normalized spacial score (nSPS) is 12.0. The molecule has 0 bridgehead atoms. The SMILES string of the molecule is CCc1ccc(NC(=O)C(C)Sc2nnc(-c3cccc(F)c3)n2N)cc1. The molecule has 0 aliphatic heterocycles. The number of nitrogens with one attached hydrogen (secondary N) is 1. The third-order valence-electron chi connectivity index (χ3n) is 4.03. The summed E-state index contributed by atoms with van der Waals surface area (Å²) in [7, 11) is 0.